The quantitative estimate of drug-likeness (QED) is 0.811. The van der Waals surface area contributed by atoms with Crippen molar-refractivity contribution in [1.29, 1.82) is 0 Å². The van der Waals surface area contributed by atoms with E-state index in [1.54, 1.807) is 6.26 Å². The van der Waals surface area contributed by atoms with E-state index in [1.165, 1.54) is 18.4 Å². The molecule has 1 fully saturated rings. The van der Waals surface area contributed by atoms with Gasteiger partial charge in [-0.3, -0.25) is 9.58 Å². The second kappa shape index (κ2) is 6.45. The minimum Gasteiger partial charge on any atom is -0.468 e. The highest BCUT2D eigenvalue weighted by Crippen LogP contribution is 2.35. The molecule has 0 saturated heterocycles. The molecule has 1 atom stereocenters. The van der Waals surface area contributed by atoms with Crippen LogP contribution in [0.4, 0.5) is 0 Å². The lowest BCUT2D eigenvalue weighted by Crippen LogP contribution is -2.34. The highest BCUT2D eigenvalue weighted by molar-refractivity contribution is 5.14. The van der Waals surface area contributed by atoms with Crippen LogP contribution in [0.2, 0.25) is 0 Å². The summed E-state index contributed by atoms with van der Waals surface area (Å²) < 4.78 is 7.52. The van der Waals surface area contributed by atoms with Crippen molar-refractivity contribution in [1.82, 2.24) is 14.7 Å². The Morgan fingerprint density at radius 3 is 3.00 bits per heavy atom. The molecule has 114 valence electrons. The highest BCUT2D eigenvalue weighted by atomic mass is 16.3. The van der Waals surface area contributed by atoms with Gasteiger partial charge in [-0.1, -0.05) is 6.92 Å². The van der Waals surface area contributed by atoms with Gasteiger partial charge in [-0.15, -0.1) is 0 Å². The summed E-state index contributed by atoms with van der Waals surface area (Å²) >= 11 is 0. The molecule has 0 bridgehead atoms. The first-order valence-electron chi connectivity index (χ1n) is 7.82. The lowest BCUT2D eigenvalue weighted by molar-refractivity contribution is 0.168. The maximum atomic E-state index is 6.07. The number of aromatic nitrogens is 2. The van der Waals surface area contributed by atoms with Crippen LogP contribution in [0.25, 0.3) is 0 Å². The van der Waals surface area contributed by atoms with E-state index < -0.39 is 0 Å². The molecule has 1 aliphatic rings. The molecule has 2 heterocycles. The van der Waals surface area contributed by atoms with Crippen LogP contribution in [-0.2, 0) is 13.1 Å². The second-order valence-electron chi connectivity index (χ2n) is 5.77. The van der Waals surface area contributed by atoms with E-state index in [9.17, 15) is 0 Å². The third-order valence-corrected chi connectivity index (χ3v) is 4.05. The van der Waals surface area contributed by atoms with E-state index in [-0.39, 0.29) is 6.04 Å². The molecule has 0 amide bonds. The smallest absolute Gasteiger partial charge is 0.117 e. The first-order chi connectivity index (χ1) is 10.3. The van der Waals surface area contributed by atoms with Gasteiger partial charge in [-0.25, -0.2) is 0 Å². The predicted octanol–water partition coefficient (Wildman–Crippen LogP) is 2.55. The van der Waals surface area contributed by atoms with Crippen molar-refractivity contribution in [2.45, 2.75) is 51.4 Å². The van der Waals surface area contributed by atoms with Gasteiger partial charge in [0.25, 0.3) is 0 Å². The lowest BCUT2D eigenvalue weighted by atomic mass is 10.1. The van der Waals surface area contributed by atoms with Crippen molar-refractivity contribution in [3.63, 3.8) is 0 Å². The molecule has 0 aromatic carbocycles. The fraction of sp³-hybridized carbons (Fsp3) is 0.562. The van der Waals surface area contributed by atoms with Crippen molar-refractivity contribution in [3.05, 3.63) is 42.1 Å². The Morgan fingerprint density at radius 2 is 2.38 bits per heavy atom. The SMILES string of the molecule is CCCn1cc(C(CN)N(Cc2ccco2)C2CC2)cn1. The van der Waals surface area contributed by atoms with Gasteiger partial charge >= 0.3 is 0 Å². The van der Waals surface area contributed by atoms with Gasteiger partial charge in [0.1, 0.15) is 5.76 Å². The van der Waals surface area contributed by atoms with E-state index in [0.29, 0.717) is 12.6 Å². The number of nitrogens with two attached hydrogens (primary N) is 1. The van der Waals surface area contributed by atoms with Gasteiger partial charge in [0.15, 0.2) is 0 Å². The van der Waals surface area contributed by atoms with Crippen molar-refractivity contribution < 1.29 is 4.42 Å². The molecule has 1 unspecified atom stereocenters. The topological polar surface area (TPSA) is 60.2 Å². The standard InChI is InChI=1S/C16H24N4O/c1-2-7-19-11-13(10-18-19)16(9-17)20(14-5-6-14)12-15-4-3-8-21-15/h3-4,8,10-11,14,16H,2,5-7,9,12,17H2,1H3. The number of furan rings is 1. The first kappa shape index (κ1) is 14.4. The van der Waals surface area contributed by atoms with E-state index in [4.69, 9.17) is 10.2 Å². The minimum atomic E-state index is 0.216. The zero-order chi connectivity index (χ0) is 14.7. The molecule has 0 aliphatic heterocycles. The molecule has 0 spiro atoms. The molecule has 2 aromatic rings. The number of rotatable bonds is 8. The van der Waals surface area contributed by atoms with Crippen molar-refractivity contribution in [2.75, 3.05) is 6.54 Å². The maximum Gasteiger partial charge on any atom is 0.117 e. The van der Waals surface area contributed by atoms with E-state index in [1.807, 2.05) is 23.0 Å². The van der Waals surface area contributed by atoms with Gasteiger partial charge in [-0.05, 0) is 31.4 Å². The van der Waals surface area contributed by atoms with Crippen molar-refractivity contribution in [3.8, 4) is 0 Å². The van der Waals surface area contributed by atoms with E-state index in [0.717, 1.165) is 25.3 Å². The number of hydrogen-bond acceptors (Lipinski definition) is 4. The maximum absolute atomic E-state index is 6.07. The Balaban J connectivity index is 1.77. The summed E-state index contributed by atoms with van der Waals surface area (Å²) in [7, 11) is 0. The summed E-state index contributed by atoms with van der Waals surface area (Å²) in [5.74, 6) is 1.00. The Bertz CT molecular complexity index is 544. The predicted molar refractivity (Wildman–Crippen MR) is 81.6 cm³/mol. The van der Waals surface area contributed by atoms with E-state index in [2.05, 4.69) is 23.1 Å². The molecule has 2 aromatic heterocycles. The fourth-order valence-electron chi connectivity index (χ4n) is 2.85. The average molecular weight is 288 g/mol. The highest BCUT2D eigenvalue weighted by Gasteiger charge is 2.35. The van der Waals surface area contributed by atoms with Crippen LogP contribution in [-0.4, -0.2) is 27.3 Å². The largest absolute Gasteiger partial charge is 0.468 e. The monoisotopic (exact) mass is 288 g/mol. The number of nitrogens with zero attached hydrogens (tertiary/aromatic N) is 3. The third-order valence-electron chi connectivity index (χ3n) is 4.05. The van der Waals surface area contributed by atoms with Gasteiger partial charge in [0, 0.05) is 30.9 Å². The van der Waals surface area contributed by atoms with E-state index >= 15 is 0 Å². The molecule has 1 aliphatic carbocycles. The zero-order valence-corrected chi connectivity index (χ0v) is 12.6. The molecular formula is C16H24N4O. The fourth-order valence-corrected chi connectivity index (χ4v) is 2.85. The van der Waals surface area contributed by atoms with Crippen molar-refractivity contribution >= 4 is 0 Å². The molecule has 0 radical (unpaired) electrons. The summed E-state index contributed by atoms with van der Waals surface area (Å²) in [6.45, 7) is 4.54. The molecule has 1 saturated carbocycles. The molecule has 2 N–H and O–H groups in total. The number of hydrogen-bond donors (Lipinski definition) is 1. The lowest BCUT2D eigenvalue weighted by Gasteiger charge is -2.29. The van der Waals surface area contributed by atoms with Crippen LogP contribution in [0.3, 0.4) is 0 Å². The first-order valence-corrected chi connectivity index (χ1v) is 7.82. The van der Waals surface area contributed by atoms with Crippen LogP contribution in [0, 0.1) is 0 Å². The Hall–Kier alpha value is -1.59. The Labute approximate surface area is 125 Å². The van der Waals surface area contributed by atoms with Gasteiger partial charge in [0.05, 0.1) is 25.0 Å². The molecule has 21 heavy (non-hydrogen) atoms. The summed E-state index contributed by atoms with van der Waals surface area (Å²) in [4.78, 5) is 2.46. The summed E-state index contributed by atoms with van der Waals surface area (Å²) in [5, 5.41) is 4.44. The molecule has 5 heteroatoms. The van der Waals surface area contributed by atoms with Gasteiger partial charge in [0.2, 0.25) is 0 Å². The molecule has 3 rings (SSSR count). The number of aryl methyl sites for hydroxylation is 1. The summed E-state index contributed by atoms with van der Waals surface area (Å²) in [6, 6.07) is 4.81. The zero-order valence-electron chi connectivity index (χ0n) is 12.6. The van der Waals surface area contributed by atoms with Crippen LogP contribution < -0.4 is 5.73 Å². The Kier molecular flexibility index (Phi) is 4.41. The Morgan fingerprint density at radius 1 is 1.52 bits per heavy atom. The van der Waals surface area contributed by atoms with Gasteiger partial charge in [-0.2, -0.15) is 5.10 Å². The average Bonchev–Trinajstić information content (AvgIpc) is 3.00. The minimum absolute atomic E-state index is 0.216. The van der Waals surface area contributed by atoms with Crippen LogP contribution >= 0.6 is 0 Å². The van der Waals surface area contributed by atoms with Gasteiger partial charge < -0.3 is 10.2 Å². The summed E-state index contributed by atoms with van der Waals surface area (Å²) in [5.41, 5.74) is 7.29. The van der Waals surface area contributed by atoms with Crippen LogP contribution in [0.1, 0.15) is 43.6 Å². The summed E-state index contributed by atoms with van der Waals surface area (Å²) in [6.07, 6.45) is 9.42. The third kappa shape index (κ3) is 3.36. The normalized spacial score (nSPS) is 16.5. The second-order valence-corrected chi connectivity index (χ2v) is 5.77. The molecule has 5 nitrogen and oxygen atoms in total. The van der Waals surface area contributed by atoms with Crippen molar-refractivity contribution in [2.24, 2.45) is 5.73 Å². The van der Waals surface area contributed by atoms with Crippen LogP contribution in [0.5, 0.6) is 0 Å². The van der Waals surface area contributed by atoms with Crippen LogP contribution in [0.15, 0.2) is 35.2 Å². The molecular weight excluding hydrogens is 264 g/mol.